The minimum atomic E-state index is 0.350. The van der Waals surface area contributed by atoms with Crippen molar-refractivity contribution >= 4 is 12.6 Å². The molecule has 1 fully saturated rings. The molecule has 1 unspecified atom stereocenters. The lowest BCUT2D eigenvalue weighted by molar-refractivity contribution is 0.0648. The molecule has 2 heteroatoms. The highest BCUT2D eigenvalue weighted by Crippen LogP contribution is 2.30. The number of methoxy groups -OCH3 is 1. The number of rotatable bonds is 2. The van der Waals surface area contributed by atoms with E-state index < -0.39 is 0 Å². The highest BCUT2D eigenvalue weighted by atomic mass is 32.1. The minimum absolute atomic E-state index is 0.350. The molecule has 1 nitrogen and oxygen atoms in total. The zero-order valence-corrected chi connectivity index (χ0v) is 8.76. The van der Waals surface area contributed by atoms with Gasteiger partial charge in [-0.1, -0.05) is 12.2 Å². The zero-order valence-electron chi connectivity index (χ0n) is 7.86. The van der Waals surface area contributed by atoms with Crippen molar-refractivity contribution in [2.75, 3.05) is 7.11 Å². The number of thiol groups is 1. The molecule has 0 aromatic heterocycles. The van der Waals surface area contributed by atoms with E-state index >= 15 is 0 Å². The SMILES string of the molecule is C/C=C\C1CC[C@H](S)[C@H](OC)C1. The van der Waals surface area contributed by atoms with E-state index in [1.807, 2.05) is 0 Å². The van der Waals surface area contributed by atoms with Crippen molar-refractivity contribution in [3.05, 3.63) is 12.2 Å². The summed E-state index contributed by atoms with van der Waals surface area (Å²) >= 11 is 4.50. The first-order valence-electron chi connectivity index (χ1n) is 4.61. The van der Waals surface area contributed by atoms with Gasteiger partial charge in [-0.2, -0.15) is 12.6 Å². The molecule has 1 saturated carbocycles. The van der Waals surface area contributed by atoms with E-state index in [9.17, 15) is 0 Å². The standard InChI is InChI=1S/C10H18OS/c1-3-4-8-5-6-10(12)9(7-8)11-2/h3-4,8-10,12H,5-7H2,1-2H3/b4-3-/t8?,9-,10+/m1/s1. The smallest absolute Gasteiger partial charge is 0.0692 e. The lowest BCUT2D eigenvalue weighted by Gasteiger charge is -2.31. The third-order valence-corrected chi connectivity index (χ3v) is 3.16. The molecule has 0 radical (unpaired) electrons. The number of hydrogen-bond acceptors (Lipinski definition) is 2. The van der Waals surface area contributed by atoms with Crippen molar-refractivity contribution in [3.63, 3.8) is 0 Å². The fraction of sp³-hybridized carbons (Fsp3) is 0.800. The van der Waals surface area contributed by atoms with Gasteiger partial charge in [0.15, 0.2) is 0 Å². The Balaban J connectivity index is 2.43. The van der Waals surface area contributed by atoms with Crippen LogP contribution in [-0.4, -0.2) is 18.5 Å². The molecular weight excluding hydrogens is 168 g/mol. The van der Waals surface area contributed by atoms with Gasteiger partial charge in [-0.15, -0.1) is 0 Å². The van der Waals surface area contributed by atoms with E-state index in [1.165, 1.54) is 12.8 Å². The molecule has 3 atom stereocenters. The van der Waals surface area contributed by atoms with Gasteiger partial charge in [-0.3, -0.25) is 0 Å². The largest absolute Gasteiger partial charge is 0.380 e. The van der Waals surface area contributed by atoms with Crippen molar-refractivity contribution in [1.82, 2.24) is 0 Å². The molecule has 1 aliphatic carbocycles. The van der Waals surface area contributed by atoms with Gasteiger partial charge < -0.3 is 4.74 Å². The molecule has 0 saturated heterocycles. The Bertz CT molecular complexity index is 156. The van der Waals surface area contributed by atoms with Crippen LogP contribution in [0.25, 0.3) is 0 Å². The van der Waals surface area contributed by atoms with E-state index in [0.717, 1.165) is 6.42 Å². The average molecular weight is 186 g/mol. The van der Waals surface area contributed by atoms with Crippen LogP contribution in [0.4, 0.5) is 0 Å². The Hall–Kier alpha value is 0.0500. The maximum atomic E-state index is 5.37. The van der Waals surface area contributed by atoms with Crippen LogP contribution < -0.4 is 0 Å². The van der Waals surface area contributed by atoms with Gasteiger partial charge in [0.05, 0.1) is 6.10 Å². The summed E-state index contributed by atoms with van der Waals surface area (Å²) in [5.74, 6) is 0.711. The van der Waals surface area contributed by atoms with E-state index in [0.29, 0.717) is 17.3 Å². The normalized spacial score (nSPS) is 37.4. The van der Waals surface area contributed by atoms with Gasteiger partial charge in [0.1, 0.15) is 0 Å². The van der Waals surface area contributed by atoms with Gasteiger partial charge >= 0.3 is 0 Å². The van der Waals surface area contributed by atoms with Crippen LogP contribution in [-0.2, 0) is 4.74 Å². The third-order valence-electron chi connectivity index (χ3n) is 2.56. The molecule has 12 heavy (non-hydrogen) atoms. The number of ether oxygens (including phenoxy) is 1. The molecule has 0 spiro atoms. The van der Waals surface area contributed by atoms with Crippen molar-refractivity contribution in [3.8, 4) is 0 Å². The molecule has 70 valence electrons. The molecule has 0 amide bonds. The first-order chi connectivity index (χ1) is 5.77. The van der Waals surface area contributed by atoms with Crippen molar-refractivity contribution in [2.24, 2.45) is 5.92 Å². The third kappa shape index (κ3) is 2.53. The summed E-state index contributed by atoms with van der Waals surface area (Å²) in [5.41, 5.74) is 0. The first kappa shape index (κ1) is 10.1. The number of allylic oxidation sites excluding steroid dienone is 2. The molecule has 0 N–H and O–H groups in total. The van der Waals surface area contributed by atoms with Gasteiger partial charge in [0, 0.05) is 12.4 Å². The Morgan fingerprint density at radius 1 is 1.42 bits per heavy atom. The second-order valence-corrected chi connectivity index (χ2v) is 4.10. The Morgan fingerprint density at radius 2 is 2.17 bits per heavy atom. The summed E-state index contributed by atoms with van der Waals surface area (Å²) < 4.78 is 5.37. The Kier molecular flexibility index (Phi) is 4.16. The van der Waals surface area contributed by atoms with E-state index in [4.69, 9.17) is 4.74 Å². The lowest BCUT2D eigenvalue weighted by Crippen LogP contribution is -2.31. The Labute approximate surface area is 80.6 Å². The van der Waals surface area contributed by atoms with Crippen LogP contribution in [0.3, 0.4) is 0 Å². The molecular formula is C10H18OS. The van der Waals surface area contributed by atoms with Crippen molar-refractivity contribution in [1.29, 1.82) is 0 Å². The fourth-order valence-corrected chi connectivity index (χ4v) is 2.24. The maximum absolute atomic E-state index is 5.37. The summed E-state index contributed by atoms with van der Waals surface area (Å²) in [6, 6.07) is 0. The Morgan fingerprint density at radius 3 is 2.75 bits per heavy atom. The van der Waals surface area contributed by atoms with E-state index in [1.54, 1.807) is 7.11 Å². The summed E-state index contributed by atoms with van der Waals surface area (Å²) in [6.45, 7) is 2.08. The quantitative estimate of drug-likeness (QED) is 0.515. The van der Waals surface area contributed by atoms with Crippen LogP contribution in [0.2, 0.25) is 0 Å². The van der Waals surface area contributed by atoms with E-state index in [-0.39, 0.29) is 0 Å². The molecule has 0 aromatic rings. The average Bonchev–Trinajstić information content (AvgIpc) is 2.09. The van der Waals surface area contributed by atoms with Crippen molar-refractivity contribution < 1.29 is 4.74 Å². The highest BCUT2D eigenvalue weighted by Gasteiger charge is 2.26. The van der Waals surface area contributed by atoms with Crippen LogP contribution in [0, 0.1) is 5.92 Å². The van der Waals surface area contributed by atoms with Crippen LogP contribution >= 0.6 is 12.6 Å². The topological polar surface area (TPSA) is 9.23 Å². The van der Waals surface area contributed by atoms with Gasteiger partial charge in [-0.25, -0.2) is 0 Å². The molecule has 0 bridgehead atoms. The van der Waals surface area contributed by atoms with E-state index in [2.05, 4.69) is 31.7 Å². The molecule has 0 aliphatic heterocycles. The predicted octanol–water partition coefficient (Wildman–Crippen LogP) is 2.68. The van der Waals surface area contributed by atoms with Crippen molar-refractivity contribution in [2.45, 2.75) is 37.5 Å². The van der Waals surface area contributed by atoms with Crippen LogP contribution in [0.15, 0.2) is 12.2 Å². The van der Waals surface area contributed by atoms with Gasteiger partial charge in [-0.05, 0) is 32.1 Å². The summed E-state index contributed by atoms with van der Waals surface area (Å²) in [6.07, 6.45) is 8.34. The predicted molar refractivity (Wildman–Crippen MR) is 55.7 cm³/mol. The number of hydrogen-bond donors (Lipinski definition) is 1. The summed E-state index contributed by atoms with van der Waals surface area (Å²) in [7, 11) is 1.78. The molecule has 0 heterocycles. The highest BCUT2D eigenvalue weighted by molar-refractivity contribution is 7.81. The minimum Gasteiger partial charge on any atom is -0.380 e. The van der Waals surface area contributed by atoms with Gasteiger partial charge in [0.2, 0.25) is 0 Å². The molecule has 1 aliphatic rings. The molecule has 0 aromatic carbocycles. The zero-order chi connectivity index (χ0) is 8.97. The lowest BCUT2D eigenvalue weighted by atomic mass is 9.86. The van der Waals surface area contributed by atoms with Gasteiger partial charge in [0.25, 0.3) is 0 Å². The second kappa shape index (κ2) is 4.93. The maximum Gasteiger partial charge on any atom is 0.0692 e. The molecule has 1 rings (SSSR count). The first-order valence-corrected chi connectivity index (χ1v) is 5.13. The fourth-order valence-electron chi connectivity index (χ4n) is 1.84. The van der Waals surface area contributed by atoms with Crippen LogP contribution in [0.5, 0.6) is 0 Å². The monoisotopic (exact) mass is 186 g/mol. The summed E-state index contributed by atoms with van der Waals surface area (Å²) in [4.78, 5) is 0. The second-order valence-electron chi connectivity index (χ2n) is 3.44. The summed E-state index contributed by atoms with van der Waals surface area (Å²) in [5, 5.41) is 0.441. The van der Waals surface area contributed by atoms with Crippen LogP contribution in [0.1, 0.15) is 26.2 Å².